The average molecular weight is 556 g/mol. The largest absolute Gasteiger partial charge is 0.497 e. The van der Waals surface area contributed by atoms with Gasteiger partial charge in [-0.1, -0.05) is 0 Å². The fraction of sp³-hybridized carbons (Fsp3) is 0.677. The van der Waals surface area contributed by atoms with Gasteiger partial charge in [-0.15, -0.1) is 0 Å². The van der Waals surface area contributed by atoms with E-state index in [4.69, 9.17) is 28.4 Å². The summed E-state index contributed by atoms with van der Waals surface area (Å²) in [6.07, 6.45) is 5.77. The van der Waals surface area contributed by atoms with E-state index in [0.29, 0.717) is 17.9 Å². The van der Waals surface area contributed by atoms with Gasteiger partial charge < -0.3 is 28.4 Å². The molecule has 4 aliphatic heterocycles. The average Bonchev–Trinajstić information content (AvgIpc) is 3.56. The van der Waals surface area contributed by atoms with Crippen LogP contribution in [0.15, 0.2) is 24.0 Å². The molecule has 9 nitrogen and oxygen atoms in total. The number of fused-ring (bicyclic) bond motifs is 3. The van der Waals surface area contributed by atoms with E-state index in [2.05, 4.69) is 23.1 Å². The van der Waals surface area contributed by atoms with E-state index in [0.717, 1.165) is 56.5 Å². The molecular formula is C31H41NO8. The monoisotopic (exact) mass is 555 g/mol. The van der Waals surface area contributed by atoms with E-state index in [-0.39, 0.29) is 30.8 Å². The summed E-state index contributed by atoms with van der Waals surface area (Å²) in [6.45, 7) is 9.55. The molecule has 0 radical (unpaired) electrons. The number of hydrogen-bond acceptors (Lipinski definition) is 9. The lowest BCUT2D eigenvalue weighted by Crippen LogP contribution is -2.54. The third kappa shape index (κ3) is 4.55. The second-order valence-corrected chi connectivity index (χ2v) is 12.7. The van der Waals surface area contributed by atoms with Gasteiger partial charge in [0, 0.05) is 6.54 Å². The molecule has 2 saturated heterocycles. The molecule has 218 valence electrons. The maximum atomic E-state index is 14.3. The molecule has 1 aromatic carbocycles. The molecule has 6 rings (SSSR count). The molecule has 0 amide bonds. The minimum atomic E-state index is -1.43. The van der Waals surface area contributed by atoms with Crippen LogP contribution in [0.3, 0.4) is 0 Å². The SMILES string of the molecule is COC1=CC23CCCN2CCc2cc4c(cc2[C@@H]3C1OC(=O)C1(CC(=O)OC(C)C)CCCC(C)(C)O1)OCO4. The van der Waals surface area contributed by atoms with Crippen LogP contribution in [0.2, 0.25) is 0 Å². The molecule has 4 atom stereocenters. The quantitative estimate of drug-likeness (QED) is 0.474. The molecule has 0 bridgehead atoms. The normalized spacial score (nSPS) is 32.0. The predicted molar refractivity (Wildman–Crippen MR) is 145 cm³/mol. The van der Waals surface area contributed by atoms with Gasteiger partial charge in [0.15, 0.2) is 23.2 Å². The van der Waals surface area contributed by atoms with E-state index in [1.165, 1.54) is 5.56 Å². The number of carbonyl (C=O) groups excluding carboxylic acids is 2. The lowest BCUT2D eigenvalue weighted by molar-refractivity contribution is -0.217. The summed E-state index contributed by atoms with van der Waals surface area (Å²) in [7, 11) is 1.63. The topological polar surface area (TPSA) is 92.8 Å². The molecule has 3 unspecified atom stereocenters. The van der Waals surface area contributed by atoms with Gasteiger partial charge >= 0.3 is 11.9 Å². The molecule has 1 aliphatic carbocycles. The van der Waals surface area contributed by atoms with E-state index >= 15 is 0 Å². The number of rotatable bonds is 6. The Bertz CT molecular complexity index is 1220. The molecule has 5 aliphatic rings. The maximum absolute atomic E-state index is 14.3. The van der Waals surface area contributed by atoms with Gasteiger partial charge in [0.2, 0.25) is 6.79 Å². The van der Waals surface area contributed by atoms with Crippen molar-refractivity contribution >= 4 is 11.9 Å². The first-order valence-corrected chi connectivity index (χ1v) is 14.6. The van der Waals surface area contributed by atoms with Crippen LogP contribution in [-0.2, 0) is 35.0 Å². The minimum Gasteiger partial charge on any atom is -0.497 e. The maximum Gasteiger partial charge on any atom is 0.339 e. The first kappa shape index (κ1) is 27.4. The number of carbonyl (C=O) groups is 2. The Balaban J connectivity index is 1.39. The molecule has 4 heterocycles. The Morgan fingerprint density at radius 3 is 2.58 bits per heavy atom. The Morgan fingerprint density at radius 2 is 1.85 bits per heavy atom. The second kappa shape index (κ2) is 9.94. The summed E-state index contributed by atoms with van der Waals surface area (Å²) in [6, 6.07) is 4.14. The minimum absolute atomic E-state index is 0.191. The van der Waals surface area contributed by atoms with Crippen LogP contribution in [0.25, 0.3) is 0 Å². The molecule has 2 fully saturated rings. The molecule has 0 aromatic heterocycles. The molecule has 0 saturated carbocycles. The zero-order valence-electron chi connectivity index (χ0n) is 24.2. The number of hydrogen-bond donors (Lipinski definition) is 0. The fourth-order valence-electron chi connectivity index (χ4n) is 7.63. The van der Waals surface area contributed by atoms with Crippen molar-refractivity contribution in [3.05, 3.63) is 35.1 Å². The Kier molecular flexibility index (Phi) is 6.81. The van der Waals surface area contributed by atoms with Crippen LogP contribution in [0, 0.1) is 0 Å². The van der Waals surface area contributed by atoms with Gasteiger partial charge in [0.05, 0.1) is 36.7 Å². The summed E-state index contributed by atoms with van der Waals surface area (Å²) < 4.78 is 35.8. The van der Waals surface area contributed by atoms with Gasteiger partial charge in [-0.25, -0.2) is 4.79 Å². The third-order valence-corrected chi connectivity index (χ3v) is 9.20. The van der Waals surface area contributed by atoms with Crippen LogP contribution < -0.4 is 9.47 Å². The number of benzene rings is 1. The van der Waals surface area contributed by atoms with Crippen molar-refractivity contribution in [2.24, 2.45) is 0 Å². The van der Waals surface area contributed by atoms with Crippen molar-refractivity contribution in [2.45, 2.75) is 108 Å². The Labute approximate surface area is 236 Å². The fourth-order valence-corrected chi connectivity index (χ4v) is 7.63. The number of ether oxygens (including phenoxy) is 6. The van der Waals surface area contributed by atoms with E-state index in [1.54, 1.807) is 21.0 Å². The van der Waals surface area contributed by atoms with Crippen molar-refractivity contribution in [2.75, 3.05) is 27.0 Å². The first-order valence-electron chi connectivity index (χ1n) is 14.6. The van der Waals surface area contributed by atoms with Crippen LogP contribution >= 0.6 is 0 Å². The van der Waals surface area contributed by atoms with Gasteiger partial charge in [-0.2, -0.15) is 0 Å². The summed E-state index contributed by atoms with van der Waals surface area (Å²) in [5.41, 5.74) is -0.0967. The van der Waals surface area contributed by atoms with Crippen molar-refractivity contribution in [3.63, 3.8) is 0 Å². The molecule has 0 N–H and O–H groups in total. The predicted octanol–water partition coefficient (Wildman–Crippen LogP) is 4.40. The standard InChI is InChI=1S/C31H41NO8/c1-19(2)38-25(33)17-31(11-6-9-29(3,4)40-31)28(34)39-27-24(35-5)16-30-10-7-12-32(30)13-8-20-14-22-23(37-18-36-22)15-21(20)26(27)30/h14-16,19,26-27H,6-13,17-18H2,1-5H3/t26-,27?,30?,31?/m1/s1. The van der Waals surface area contributed by atoms with Crippen molar-refractivity contribution in [1.82, 2.24) is 4.90 Å². The molecule has 1 spiro atoms. The van der Waals surface area contributed by atoms with Gasteiger partial charge in [-0.05, 0) is 102 Å². The van der Waals surface area contributed by atoms with Gasteiger partial charge in [0.1, 0.15) is 5.76 Å². The summed E-state index contributed by atoms with van der Waals surface area (Å²) in [5.74, 6) is 0.887. The second-order valence-electron chi connectivity index (χ2n) is 12.7. The van der Waals surface area contributed by atoms with E-state index < -0.39 is 29.2 Å². The summed E-state index contributed by atoms with van der Waals surface area (Å²) >= 11 is 0. The summed E-state index contributed by atoms with van der Waals surface area (Å²) in [4.78, 5) is 29.7. The first-order chi connectivity index (χ1) is 19.1. The van der Waals surface area contributed by atoms with E-state index in [9.17, 15) is 9.59 Å². The zero-order valence-corrected chi connectivity index (χ0v) is 24.2. The van der Waals surface area contributed by atoms with Crippen molar-refractivity contribution in [3.8, 4) is 11.5 Å². The van der Waals surface area contributed by atoms with Crippen molar-refractivity contribution < 1.29 is 38.0 Å². The van der Waals surface area contributed by atoms with Crippen molar-refractivity contribution in [1.29, 1.82) is 0 Å². The smallest absolute Gasteiger partial charge is 0.339 e. The highest BCUT2D eigenvalue weighted by atomic mass is 16.7. The number of methoxy groups -OCH3 is 1. The van der Waals surface area contributed by atoms with E-state index in [1.807, 2.05) is 13.8 Å². The third-order valence-electron chi connectivity index (χ3n) is 9.20. The molecular weight excluding hydrogens is 514 g/mol. The highest BCUT2D eigenvalue weighted by Crippen LogP contribution is 2.56. The number of nitrogens with zero attached hydrogens (tertiary/aromatic N) is 1. The van der Waals surface area contributed by atoms with Gasteiger partial charge in [-0.3, -0.25) is 9.69 Å². The van der Waals surface area contributed by atoms with Crippen LogP contribution in [0.5, 0.6) is 11.5 Å². The summed E-state index contributed by atoms with van der Waals surface area (Å²) in [5, 5.41) is 0. The molecule has 40 heavy (non-hydrogen) atoms. The highest BCUT2D eigenvalue weighted by molar-refractivity contribution is 5.86. The molecule has 1 aromatic rings. The van der Waals surface area contributed by atoms with Crippen LogP contribution in [0.1, 0.15) is 83.3 Å². The number of esters is 2. The zero-order chi connectivity index (χ0) is 28.3. The lowest BCUT2D eigenvalue weighted by atomic mass is 9.77. The highest BCUT2D eigenvalue weighted by Gasteiger charge is 2.60. The molecule has 9 heteroatoms. The Morgan fingerprint density at radius 1 is 1.07 bits per heavy atom. The Hall–Kier alpha value is -2.78. The van der Waals surface area contributed by atoms with Gasteiger partial charge in [0.25, 0.3) is 0 Å². The van der Waals surface area contributed by atoms with Crippen LogP contribution in [0.4, 0.5) is 0 Å². The van der Waals surface area contributed by atoms with Crippen LogP contribution in [-0.4, -0.2) is 72.8 Å². The lowest BCUT2D eigenvalue weighted by Gasteiger charge is -2.44.